The van der Waals surface area contributed by atoms with Crippen molar-refractivity contribution in [2.45, 2.75) is 25.3 Å². The third-order valence-electron chi connectivity index (χ3n) is 3.43. The van der Waals surface area contributed by atoms with Crippen LogP contribution in [0.25, 0.3) is 0 Å². The van der Waals surface area contributed by atoms with Gasteiger partial charge in [-0.05, 0) is 31.2 Å². The van der Waals surface area contributed by atoms with Crippen LogP contribution in [0.15, 0.2) is 30.3 Å². The predicted octanol–water partition coefficient (Wildman–Crippen LogP) is 1.83. The number of carbonyl (C=O) groups is 1. The molecule has 1 aliphatic rings. The highest BCUT2D eigenvalue weighted by Gasteiger charge is 2.29. The minimum atomic E-state index is -1.00. The first-order valence-corrected chi connectivity index (χ1v) is 6.81. The molecule has 1 saturated carbocycles. The van der Waals surface area contributed by atoms with Crippen molar-refractivity contribution in [3.05, 3.63) is 35.9 Å². The van der Waals surface area contributed by atoms with Crippen LogP contribution in [-0.4, -0.2) is 25.7 Å². The van der Waals surface area contributed by atoms with E-state index in [4.69, 9.17) is 10.5 Å². The van der Waals surface area contributed by atoms with E-state index < -0.39 is 5.54 Å². The molecule has 5 heteroatoms. The van der Waals surface area contributed by atoms with Crippen molar-refractivity contribution in [2.75, 3.05) is 19.8 Å². The van der Waals surface area contributed by atoms with Crippen LogP contribution in [-0.2, 0) is 15.1 Å². The molecule has 112 valence electrons. The lowest BCUT2D eigenvalue weighted by Gasteiger charge is -2.24. The summed E-state index contributed by atoms with van der Waals surface area (Å²) >= 11 is 0. The Bertz CT molecular complexity index is 419. The van der Waals surface area contributed by atoms with E-state index in [9.17, 15) is 4.79 Å². The minimum absolute atomic E-state index is 0. The number of halogens is 1. The van der Waals surface area contributed by atoms with E-state index in [1.807, 2.05) is 30.3 Å². The molecule has 3 N–H and O–H groups in total. The smallest absolute Gasteiger partial charge is 0.244 e. The quantitative estimate of drug-likeness (QED) is 0.755. The summed E-state index contributed by atoms with van der Waals surface area (Å²) in [7, 11) is 0. The Morgan fingerprint density at radius 1 is 1.40 bits per heavy atom. The third kappa shape index (κ3) is 4.78. The van der Waals surface area contributed by atoms with E-state index in [-0.39, 0.29) is 18.3 Å². The second-order valence-corrected chi connectivity index (χ2v) is 5.34. The number of hydrogen-bond acceptors (Lipinski definition) is 3. The number of carbonyl (C=O) groups excluding carboxylic acids is 1. The standard InChI is InChI=1S/C15H22N2O2.ClH/c1-15(16,13-5-3-2-4-6-13)14(18)17-9-10-19-11-12-7-8-12;/h2-6,12H,7-11,16H2,1H3,(H,17,18);1H. The van der Waals surface area contributed by atoms with Crippen LogP contribution < -0.4 is 11.1 Å². The first kappa shape index (κ1) is 17.0. The summed E-state index contributed by atoms with van der Waals surface area (Å²) in [5.74, 6) is 0.577. The molecule has 20 heavy (non-hydrogen) atoms. The second-order valence-electron chi connectivity index (χ2n) is 5.34. The Balaban J connectivity index is 0.00000200. The van der Waals surface area contributed by atoms with Crippen LogP contribution in [0.2, 0.25) is 0 Å². The molecule has 0 saturated heterocycles. The zero-order chi connectivity index (χ0) is 13.7. The Kier molecular flexibility index (Phi) is 6.46. The topological polar surface area (TPSA) is 64.4 Å². The van der Waals surface area contributed by atoms with Gasteiger partial charge in [0.15, 0.2) is 0 Å². The lowest BCUT2D eigenvalue weighted by molar-refractivity contribution is -0.126. The minimum Gasteiger partial charge on any atom is -0.379 e. The van der Waals surface area contributed by atoms with Crippen molar-refractivity contribution >= 4 is 18.3 Å². The van der Waals surface area contributed by atoms with E-state index in [2.05, 4.69) is 5.32 Å². The first-order valence-electron chi connectivity index (χ1n) is 6.81. The van der Waals surface area contributed by atoms with E-state index in [0.717, 1.165) is 18.1 Å². The lowest BCUT2D eigenvalue weighted by atomic mass is 9.92. The van der Waals surface area contributed by atoms with E-state index in [1.165, 1.54) is 12.8 Å². The molecule has 4 nitrogen and oxygen atoms in total. The molecular weight excluding hydrogens is 276 g/mol. The monoisotopic (exact) mass is 298 g/mol. The summed E-state index contributed by atoms with van der Waals surface area (Å²) in [6.07, 6.45) is 2.56. The van der Waals surface area contributed by atoms with Crippen LogP contribution in [0.1, 0.15) is 25.3 Å². The van der Waals surface area contributed by atoms with Crippen molar-refractivity contribution in [3.63, 3.8) is 0 Å². The largest absolute Gasteiger partial charge is 0.379 e. The van der Waals surface area contributed by atoms with Crippen LogP contribution >= 0.6 is 12.4 Å². The number of nitrogens with one attached hydrogen (secondary N) is 1. The second kappa shape index (κ2) is 7.62. The average Bonchev–Trinajstić information content (AvgIpc) is 3.23. The van der Waals surface area contributed by atoms with Crippen LogP contribution in [0, 0.1) is 5.92 Å². The fourth-order valence-electron chi connectivity index (χ4n) is 1.87. The highest BCUT2D eigenvalue weighted by Crippen LogP contribution is 2.28. The number of rotatable bonds is 7. The Labute approximate surface area is 126 Å². The molecule has 1 aromatic carbocycles. The van der Waals surface area contributed by atoms with Gasteiger partial charge in [0, 0.05) is 13.2 Å². The molecular formula is C15H23ClN2O2. The number of benzene rings is 1. The van der Waals surface area contributed by atoms with Gasteiger partial charge in [-0.25, -0.2) is 0 Å². The molecule has 1 amide bonds. The maximum absolute atomic E-state index is 12.1. The van der Waals surface area contributed by atoms with E-state index in [1.54, 1.807) is 6.92 Å². The zero-order valence-corrected chi connectivity index (χ0v) is 12.6. The number of ether oxygens (including phenoxy) is 1. The molecule has 1 unspecified atom stereocenters. The van der Waals surface area contributed by atoms with E-state index >= 15 is 0 Å². The first-order chi connectivity index (χ1) is 9.10. The van der Waals surface area contributed by atoms with Gasteiger partial charge in [0.05, 0.1) is 6.61 Å². The summed E-state index contributed by atoms with van der Waals surface area (Å²) in [5, 5.41) is 2.83. The van der Waals surface area contributed by atoms with Gasteiger partial charge in [0.2, 0.25) is 5.91 Å². The molecule has 1 fully saturated rings. The highest BCUT2D eigenvalue weighted by atomic mass is 35.5. The van der Waals surface area contributed by atoms with Gasteiger partial charge < -0.3 is 15.8 Å². The molecule has 1 aromatic rings. The molecule has 2 rings (SSSR count). The van der Waals surface area contributed by atoms with Crippen molar-refractivity contribution in [1.82, 2.24) is 5.32 Å². The maximum Gasteiger partial charge on any atom is 0.244 e. The van der Waals surface area contributed by atoms with Gasteiger partial charge in [-0.2, -0.15) is 0 Å². The van der Waals surface area contributed by atoms with Crippen molar-refractivity contribution in [3.8, 4) is 0 Å². The van der Waals surface area contributed by atoms with Gasteiger partial charge in [-0.1, -0.05) is 30.3 Å². The maximum atomic E-state index is 12.1. The molecule has 0 bridgehead atoms. The fourth-order valence-corrected chi connectivity index (χ4v) is 1.87. The predicted molar refractivity (Wildman–Crippen MR) is 81.8 cm³/mol. The van der Waals surface area contributed by atoms with Crippen LogP contribution in [0.3, 0.4) is 0 Å². The molecule has 0 aromatic heterocycles. The molecule has 0 heterocycles. The Morgan fingerprint density at radius 2 is 2.05 bits per heavy atom. The summed E-state index contributed by atoms with van der Waals surface area (Å²) in [6.45, 7) is 3.59. The summed E-state index contributed by atoms with van der Waals surface area (Å²) in [4.78, 5) is 12.1. The number of nitrogens with two attached hydrogens (primary N) is 1. The summed E-state index contributed by atoms with van der Waals surface area (Å²) in [5.41, 5.74) is 5.91. The number of amides is 1. The average molecular weight is 299 g/mol. The molecule has 0 spiro atoms. The molecule has 0 aliphatic heterocycles. The van der Waals surface area contributed by atoms with Gasteiger partial charge in [-0.3, -0.25) is 4.79 Å². The van der Waals surface area contributed by atoms with Crippen molar-refractivity contribution < 1.29 is 9.53 Å². The van der Waals surface area contributed by atoms with Crippen LogP contribution in [0.5, 0.6) is 0 Å². The Morgan fingerprint density at radius 3 is 2.65 bits per heavy atom. The molecule has 1 atom stereocenters. The lowest BCUT2D eigenvalue weighted by Crippen LogP contribution is -2.49. The van der Waals surface area contributed by atoms with Gasteiger partial charge in [-0.15, -0.1) is 12.4 Å². The SMILES string of the molecule is CC(N)(C(=O)NCCOCC1CC1)c1ccccc1.Cl. The van der Waals surface area contributed by atoms with Gasteiger partial charge in [0.25, 0.3) is 0 Å². The third-order valence-corrected chi connectivity index (χ3v) is 3.43. The van der Waals surface area contributed by atoms with Gasteiger partial charge in [0.1, 0.15) is 5.54 Å². The Hall–Kier alpha value is -1.10. The van der Waals surface area contributed by atoms with Gasteiger partial charge >= 0.3 is 0 Å². The normalized spacial score (nSPS) is 16.9. The molecule has 1 aliphatic carbocycles. The fraction of sp³-hybridized carbons (Fsp3) is 0.533. The van der Waals surface area contributed by atoms with Crippen molar-refractivity contribution in [2.24, 2.45) is 11.7 Å². The van der Waals surface area contributed by atoms with Crippen LogP contribution in [0.4, 0.5) is 0 Å². The summed E-state index contributed by atoms with van der Waals surface area (Å²) < 4.78 is 5.47. The zero-order valence-electron chi connectivity index (χ0n) is 11.8. The molecule has 0 radical (unpaired) electrons. The summed E-state index contributed by atoms with van der Waals surface area (Å²) in [6, 6.07) is 9.40. The number of hydrogen-bond donors (Lipinski definition) is 2. The van der Waals surface area contributed by atoms with Crippen molar-refractivity contribution in [1.29, 1.82) is 0 Å². The highest BCUT2D eigenvalue weighted by molar-refractivity contribution is 5.86. The van der Waals surface area contributed by atoms with E-state index in [0.29, 0.717) is 13.2 Å².